The summed E-state index contributed by atoms with van der Waals surface area (Å²) >= 11 is 3.69. The Morgan fingerprint density at radius 2 is 2.40 bits per heavy atom. The Hall–Kier alpha value is -0.520. The van der Waals surface area contributed by atoms with Crippen molar-refractivity contribution in [3.63, 3.8) is 0 Å². The van der Waals surface area contributed by atoms with E-state index in [2.05, 4.69) is 30.6 Å². The third kappa shape index (κ3) is 4.50. The van der Waals surface area contributed by atoms with E-state index in [0.29, 0.717) is 17.9 Å². The Morgan fingerprint density at radius 3 is 3.00 bits per heavy atom. The van der Waals surface area contributed by atoms with Crippen LogP contribution >= 0.6 is 23.1 Å². The maximum Gasteiger partial charge on any atom is 0.307 e. The molecule has 0 radical (unpaired) electrons. The Kier molecular flexibility index (Phi) is 5.52. The van der Waals surface area contributed by atoms with E-state index < -0.39 is 0 Å². The van der Waals surface area contributed by atoms with Crippen LogP contribution in [-0.4, -0.2) is 30.6 Å². The van der Waals surface area contributed by atoms with Crippen molar-refractivity contribution in [2.45, 2.75) is 38.8 Å². The third-order valence-electron chi connectivity index (χ3n) is 3.53. The molecular formula is C15H23NO2S2. The molecule has 2 unspecified atom stereocenters. The molecule has 2 heterocycles. The molecule has 1 N–H and O–H groups in total. The monoisotopic (exact) mass is 313 g/mol. The van der Waals surface area contributed by atoms with E-state index in [1.165, 1.54) is 17.7 Å². The van der Waals surface area contributed by atoms with Crippen molar-refractivity contribution in [3.8, 4) is 0 Å². The van der Waals surface area contributed by atoms with Gasteiger partial charge in [0, 0.05) is 16.7 Å². The molecule has 20 heavy (non-hydrogen) atoms. The fraction of sp³-hybridized carbons (Fsp3) is 0.667. The molecule has 112 valence electrons. The summed E-state index contributed by atoms with van der Waals surface area (Å²) in [5, 5.41) is 5.72. The van der Waals surface area contributed by atoms with Crippen LogP contribution in [0.15, 0.2) is 17.5 Å². The molecule has 1 aromatic heterocycles. The van der Waals surface area contributed by atoms with Crippen LogP contribution in [0.4, 0.5) is 0 Å². The van der Waals surface area contributed by atoms with E-state index in [-0.39, 0.29) is 12.0 Å². The molecular weight excluding hydrogens is 290 g/mol. The summed E-state index contributed by atoms with van der Waals surface area (Å²) in [7, 11) is 1.45. The number of nitrogens with one attached hydrogen (secondary N) is 1. The van der Waals surface area contributed by atoms with E-state index in [4.69, 9.17) is 4.74 Å². The summed E-state index contributed by atoms with van der Waals surface area (Å²) in [6.07, 6.45) is 1.56. The highest BCUT2D eigenvalue weighted by Gasteiger charge is 2.30. The Labute approximate surface area is 129 Å². The zero-order valence-electron chi connectivity index (χ0n) is 12.3. The minimum Gasteiger partial charge on any atom is -0.469 e. The predicted octanol–water partition coefficient (Wildman–Crippen LogP) is 3.47. The SMILES string of the molecule is COC(=O)CC(NC1CSCC(C)(C)C1)c1cccs1. The van der Waals surface area contributed by atoms with Crippen LogP contribution in [0.1, 0.15) is 37.6 Å². The third-order valence-corrected chi connectivity index (χ3v) is 6.14. The maximum atomic E-state index is 11.6. The summed E-state index contributed by atoms with van der Waals surface area (Å²) in [5.74, 6) is 2.18. The van der Waals surface area contributed by atoms with Crippen LogP contribution in [0.2, 0.25) is 0 Å². The van der Waals surface area contributed by atoms with Gasteiger partial charge in [-0.1, -0.05) is 19.9 Å². The van der Waals surface area contributed by atoms with Gasteiger partial charge in [-0.3, -0.25) is 4.79 Å². The normalized spacial score (nSPS) is 23.2. The van der Waals surface area contributed by atoms with Crippen LogP contribution in [0.5, 0.6) is 0 Å². The van der Waals surface area contributed by atoms with Gasteiger partial charge in [-0.05, 0) is 29.0 Å². The number of thioether (sulfide) groups is 1. The van der Waals surface area contributed by atoms with Crippen molar-refractivity contribution < 1.29 is 9.53 Å². The van der Waals surface area contributed by atoms with E-state index in [9.17, 15) is 4.79 Å². The highest BCUT2D eigenvalue weighted by atomic mass is 32.2. The van der Waals surface area contributed by atoms with Gasteiger partial charge in [0.2, 0.25) is 0 Å². The molecule has 1 aliphatic rings. The Morgan fingerprint density at radius 1 is 1.60 bits per heavy atom. The lowest BCUT2D eigenvalue weighted by atomic mass is 9.87. The Balaban J connectivity index is 2.02. The average molecular weight is 313 g/mol. The first kappa shape index (κ1) is 15.9. The summed E-state index contributed by atoms with van der Waals surface area (Å²) in [6.45, 7) is 4.63. The van der Waals surface area contributed by atoms with Crippen LogP contribution in [0, 0.1) is 5.41 Å². The van der Waals surface area contributed by atoms with Gasteiger partial charge in [-0.2, -0.15) is 11.8 Å². The summed E-state index contributed by atoms with van der Waals surface area (Å²) in [6, 6.07) is 4.65. The molecule has 1 aliphatic heterocycles. The van der Waals surface area contributed by atoms with Crippen LogP contribution < -0.4 is 5.32 Å². The number of ether oxygens (including phenoxy) is 1. The molecule has 1 fully saturated rings. The van der Waals surface area contributed by atoms with Crippen molar-refractivity contribution in [1.82, 2.24) is 5.32 Å². The molecule has 2 atom stereocenters. The second-order valence-corrected chi connectivity index (χ2v) is 8.10. The standard InChI is InChI=1S/C15H23NO2S2/c1-15(2)8-11(9-19-10-15)16-12(7-14(17)18-3)13-5-4-6-20-13/h4-6,11-12,16H,7-10H2,1-3H3. The van der Waals surface area contributed by atoms with E-state index in [0.717, 1.165) is 12.2 Å². The molecule has 0 aromatic carbocycles. The number of rotatable bonds is 5. The molecule has 0 bridgehead atoms. The summed E-state index contributed by atoms with van der Waals surface area (Å²) < 4.78 is 4.83. The fourth-order valence-corrected chi connectivity index (χ4v) is 4.71. The average Bonchev–Trinajstić information content (AvgIpc) is 2.90. The molecule has 1 aromatic rings. The number of esters is 1. The van der Waals surface area contributed by atoms with Gasteiger partial charge in [0.25, 0.3) is 0 Å². The molecule has 0 aliphatic carbocycles. The molecule has 1 saturated heterocycles. The highest BCUT2D eigenvalue weighted by molar-refractivity contribution is 7.99. The van der Waals surface area contributed by atoms with Gasteiger partial charge in [-0.15, -0.1) is 11.3 Å². The fourth-order valence-electron chi connectivity index (χ4n) is 2.64. The second-order valence-electron chi connectivity index (χ2n) is 6.10. The largest absolute Gasteiger partial charge is 0.469 e. The first-order valence-corrected chi connectivity index (χ1v) is 8.97. The van der Waals surface area contributed by atoms with Gasteiger partial charge in [0.15, 0.2) is 0 Å². The molecule has 0 spiro atoms. The minimum absolute atomic E-state index is 0.0712. The lowest BCUT2D eigenvalue weighted by Crippen LogP contribution is -2.42. The molecule has 5 heteroatoms. The second kappa shape index (κ2) is 6.96. The lowest BCUT2D eigenvalue weighted by Gasteiger charge is -2.37. The van der Waals surface area contributed by atoms with Crippen molar-refractivity contribution in [2.75, 3.05) is 18.6 Å². The predicted molar refractivity (Wildman–Crippen MR) is 86.3 cm³/mol. The van der Waals surface area contributed by atoms with Gasteiger partial charge >= 0.3 is 5.97 Å². The number of carbonyl (C=O) groups excluding carboxylic acids is 1. The molecule has 3 nitrogen and oxygen atoms in total. The first-order valence-electron chi connectivity index (χ1n) is 6.94. The summed E-state index contributed by atoms with van der Waals surface area (Å²) in [5.41, 5.74) is 0.367. The van der Waals surface area contributed by atoms with Gasteiger partial charge in [0.05, 0.1) is 19.6 Å². The zero-order chi connectivity index (χ0) is 14.6. The molecule has 2 rings (SSSR count). The highest BCUT2D eigenvalue weighted by Crippen LogP contribution is 2.35. The number of methoxy groups -OCH3 is 1. The number of thiophene rings is 1. The van der Waals surface area contributed by atoms with Crippen molar-refractivity contribution >= 4 is 29.1 Å². The minimum atomic E-state index is -0.154. The lowest BCUT2D eigenvalue weighted by molar-refractivity contribution is -0.141. The van der Waals surface area contributed by atoms with Crippen LogP contribution in [0.3, 0.4) is 0 Å². The van der Waals surface area contributed by atoms with Gasteiger partial charge in [0.1, 0.15) is 0 Å². The molecule has 0 amide bonds. The Bertz CT molecular complexity index is 431. The van der Waals surface area contributed by atoms with Crippen LogP contribution in [-0.2, 0) is 9.53 Å². The van der Waals surface area contributed by atoms with E-state index >= 15 is 0 Å². The number of hydrogen-bond donors (Lipinski definition) is 1. The van der Waals surface area contributed by atoms with E-state index in [1.54, 1.807) is 11.3 Å². The first-order chi connectivity index (χ1) is 9.50. The van der Waals surface area contributed by atoms with Crippen LogP contribution in [0.25, 0.3) is 0 Å². The number of hydrogen-bond acceptors (Lipinski definition) is 5. The zero-order valence-corrected chi connectivity index (χ0v) is 14.0. The maximum absolute atomic E-state index is 11.6. The molecule has 0 saturated carbocycles. The van der Waals surface area contributed by atoms with Crippen molar-refractivity contribution in [3.05, 3.63) is 22.4 Å². The topological polar surface area (TPSA) is 38.3 Å². The van der Waals surface area contributed by atoms with Gasteiger partial charge < -0.3 is 10.1 Å². The smallest absolute Gasteiger partial charge is 0.307 e. The summed E-state index contributed by atoms with van der Waals surface area (Å²) in [4.78, 5) is 12.8. The van der Waals surface area contributed by atoms with E-state index in [1.807, 2.05) is 17.8 Å². The van der Waals surface area contributed by atoms with Crippen molar-refractivity contribution in [2.24, 2.45) is 5.41 Å². The van der Waals surface area contributed by atoms with Gasteiger partial charge in [-0.25, -0.2) is 0 Å². The number of carbonyl (C=O) groups is 1. The van der Waals surface area contributed by atoms with Crippen molar-refractivity contribution in [1.29, 1.82) is 0 Å². The quantitative estimate of drug-likeness (QED) is 0.845.